The van der Waals surface area contributed by atoms with E-state index in [1.807, 2.05) is 6.92 Å². The van der Waals surface area contributed by atoms with Crippen LogP contribution in [0.1, 0.15) is 58.8 Å². The van der Waals surface area contributed by atoms with E-state index in [0.29, 0.717) is 18.4 Å². The van der Waals surface area contributed by atoms with Crippen LogP contribution in [0.15, 0.2) is 12.2 Å². The Morgan fingerprint density at radius 3 is 3.00 bits per heavy atom. The van der Waals surface area contributed by atoms with E-state index in [0.717, 1.165) is 51.7 Å². The quantitative estimate of drug-likeness (QED) is 0.590. The minimum absolute atomic E-state index is 0.00591. The lowest BCUT2D eigenvalue weighted by Gasteiger charge is -2.50. The van der Waals surface area contributed by atoms with Crippen LogP contribution in [0.4, 0.5) is 0 Å². The Balaban J connectivity index is 1.43. The summed E-state index contributed by atoms with van der Waals surface area (Å²) in [5.74, 6) is 0.719. The molecule has 0 aromatic heterocycles. The maximum Gasteiger partial charge on any atom is 0.315 e. The molecule has 1 N–H and O–H groups in total. The molecule has 0 spiro atoms. The first-order valence-corrected chi connectivity index (χ1v) is 11.3. The number of likely N-dealkylation sites (tertiary alicyclic amines) is 1. The minimum atomic E-state index is -0.0708. The van der Waals surface area contributed by atoms with Crippen LogP contribution in [0.25, 0.3) is 0 Å². The standard InChI is InChI=1S/C23H35NO4/c1-4-27-21(25)16-8-6-10-24(13-16)14-18-17-11-19-15(2)7-5-9-23(19,3)12-20(17)28-22(18)26/h16-20H,2,4-14H2,1,3H3/p+1/t16-,17-,18-,19+,20-,23-/m1/s1. The van der Waals surface area contributed by atoms with Crippen molar-refractivity contribution in [1.29, 1.82) is 0 Å². The van der Waals surface area contributed by atoms with Gasteiger partial charge in [-0.15, -0.1) is 0 Å². The number of esters is 2. The van der Waals surface area contributed by atoms with E-state index < -0.39 is 0 Å². The maximum atomic E-state index is 12.8. The summed E-state index contributed by atoms with van der Waals surface area (Å²) in [4.78, 5) is 26.3. The number of nitrogens with one attached hydrogen (secondary N) is 1. The van der Waals surface area contributed by atoms with Gasteiger partial charge < -0.3 is 14.4 Å². The van der Waals surface area contributed by atoms with Crippen LogP contribution >= 0.6 is 0 Å². The van der Waals surface area contributed by atoms with Gasteiger partial charge in [-0.1, -0.05) is 19.1 Å². The molecule has 156 valence electrons. The first-order valence-electron chi connectivity index (χ1n) is 11.3. The highest BCUT2D eigenvalue weighted by Gasteiger charge is 2.56. The number of ether oxygens (including phenoxy) is 2. The van der Waals surface area contributed by atoms with E-state index in [1.54, 1.807) is 0 Å². The molecule has 0 bridgehead atoms. The van der Waals surface area contributed by atoms with Crippen molar-refractivity contribution >= 4 is 11.9 Å². The molecule has 7 atom stereocenters. The largest absolute Gasteiger partial charge is 0.466 e. The lowest BCUT2D eigenvalue weighted by atomic mass is 9.55. The summed E-state index contributed by atoms with van der Waals surface area (Å²) in [5, 5.41) is 0. The number of piperidine rings is 1. The van der Waals surface area contributed by atoms with Gasteiger partial charge in [-0.3, -0.25) is 9.59 Å². The maximum absolute atomic E-state index is 12.8. The average Bonchev–Trinajstić information content (AvgIpc) is 2.94. The van der Waals surface area contributed by atoms with Crippen molar-refractivity contribution in [2.24, 2.45) is 29.1 Å². The highest BCUT2D eigenvalue weighted by atomic mass is 16.6. The molecule has 4 fully saturated rings. The number of hydrogen-bond acceptors (Lipinski definition) is 4. The number of allylic oxidation sites excluding steroid dienone is 1. The van der Waals surface area contributed by atoms with E-state index in [-0.39, 0.29) is 35.3 Å². The topological polar surface area (TPSA) is 57.0 Å². The van der Waals surface area contributed by atoms with Crippen LogP contribution in [0, 0.1) is 29.1 Å². The molecule has 28 heavy (non-hydrogen) atoms. The van der Waals surface area contributed by atoms with Gasteiger partial charge in [0.05, 0.1) is 26.2 Å². The molecule has 0 amide bonds. The van der Waals surface area contributed by atoms with Crippen LogP contribution in [0.2, 0.25) is 0 Å². The zero-order chi connectivity index (χ0) is 19.9. The molecular weight excluding hydrogens is 354 g/mol. The molecule has 1 unspecified atom stereocenters. The number of hydrogen-bond donors (Lipinski definition) is 1. The smallest absolute Gasteiger partial charge is 0.315 e. The SMILES string of the molecule is C=C1CCC[C@]2(C)C[C@H]3OC(=O)[C@H](C[NH+]4CCC[C@@H](C(=O)OCC)C4)[C@H]3C[C@@H]12. The summed E-state index contributed by atoms with van der Waals surface area (Å²) >= 11 is 0. The summed E-state index contributed by atoms with van der Waals surface area (Å²) in [7, 11) is 0. The zero-order valence-corrected chi connectivity index (χ0v) is 17.5. The molecule has 2 saturated carbocycles. The summed E-state index contributed by atoms with van der Waals surface area (Å²) in [5.41, 5.74) is 1.64. The van der Waals surface area contributed by atoms with Gasteiger partial charge in [-0.05, 0) is 63.2 Å². The first kappa shape index (κ1) is 19.9. The average molecular weight is 391 g/mol. The van der Waals surface area contributed by atoms with Crippen molar-refractivity contribution in [2.45, 2.75) is 64.9 Å². The van der Waals surface area contributed by atoms with E-state index in [4.69, 9.17) is 9.47 Å². The Labute approximate surface area is 168 Å². The van der Waals surface area contributed by atoms with Crippen LogP contribution in [0.5, 0.6) is 0 Å². The highest BCUT2D eigenvalue weighted by Crippen LogP contribution is 2.56. The monoisotopic (exact) mass is 390 g/mol. The molecule has 2 aliphatic carbocycles. The lowest BCUT2D eigenvalue weighted by Crippen LogP contribution is -3.14. The molecule has 2 aliphatic heterocycles. The number of carbonyl (C=O) groups excluding carboxylic acids is 2. The third-order valence-electron chi connectivity index (χ3n) is 8.07. The van der Waals surface area contributed by atoms with Gasteiger partial charge >= 0.3 is 11.9 Å². The molecule has 0 aromatic carbocycles. The van der Waals surface area contributed by atoms with Crippen molar-refractivity contribution < 1.29 is 24.0 Å². The van der Waals surface area contributed by atoms with Gasteiger partial charge in [0.15, 0.2) is 0 Å². The van der Waals surface area contributed by atoms with Crippen molar-refractivity contribution in [3.63, 3.8) is 0 Å². The van der Waals surface area contributed by atoms with Gasteiger partial charge in [0.2, 0.25) is 0 Å². The molecule has 0 aromatic rings. The zero-order valence-electron chi connectivity index (χ0n) is 17.5. The second kappa shape index (κ2) is 7.81. The molecule has 0 radical (unpaired) electrons. The van der Waals surface area contributed by atoms with E-state index >= 15 is 0 Å². The van der Waals surface area contributed by atoms with E-state index in [2.05, 4.69) is 13.5 Å². The summed E-state index contributed by atoms with van der Waals surface area (Å²) < 4.78 is 11.1. The highest BCUT2D eigenvalue weighted by molar-refractivity contribution is 5.75. The molecular formula is C23H36NO4+. The van der Waals surface area contributed by atoms with Crippen LogP contribution in [0.3, 0.4) is 0 Å². The number of fused-ring (bicyclic) bond motifs is 2. The molecule has 5 heteroatoms. The van der Waals surface area contributed by atoms with Crippen LogP contribution < -0.4 is 4.90 Å². The van der Waals surface area contributed by atoms with Crippen LogP contribution in [-0.4, -0.2) is 44.3 Å². The summed E-state index contributed by atoms with van der Waals surface area (Å²) in [6, 6.07) is 0. The number of carbonyl (C=O) groups is 2. The van der Waals surface area contributed by atoms with Crippen molar-refractivity contribution in [3.05, 3.63) is 12.2 Å². The van der Waals surface area contributed by atoms with E-state index in [1.165, 1.54) is 23.3 Å². The van der Waals surface area contributed by atoms with Gasteiger partial charge in [-0.25, -0.2) is 0 Å². The van der Waals surface area contributed by atoms with Crippen molar-refractivity contribution in [2.75, 3.05) is 26.2 Å². The Kier molecular flexibility index (Phi) is 5.56. The minimum Gasteiger partial charge on any atom is -0.466 e. The summed E-state index contributed by atoms with van der Waals surface area (Å²) in [6.45, 7) is 11.7. The fraction of sp³-hybridized carbons (Fsp3) is 0.826. The normalized spacial score (nSPS) is 43.1. The third kappa shape index (κ3) is 3.62. The fourth-order valence-electron chi connectivity index (χ4n) is 6.60. The van der Waals surface area contributed by atoms with E-state index in [9.17, 15) is 9.59 Å². The van der Waals surface area contributed by atoms with Crippen LogP contribution in [-0.2, 0) is 19.1 Å². The molecule has 4 rings (SSSR count). The Morgan fingerprint density at radius 1 is 1.39 bits per heavy atom. The first-order chi connectivity index (χ1) is 13.4. The number of rotatable bonds is 4. The fourth-order valence-corrected chi connectivity index (χ4v) is 6.60. The second-order valence-corrected chi connectivity index (χ2v) is 9.90. The molecule has 5 nitrogen and oxygen atoms in total. The Hall–Kier alpha value is -1.36. The summed E-state index contributed by atoms with van der Waals surface area (Å²) in [6.07, 6.45) is 7.62. The Bertz CT molecular complexity index is 647. The lowest BCUT2D eigenvalue weighted by molar-refractivity contribution is -0.910. The predicted molar refractivity (Wildman–Crippen MR) is 106 cm³/mol. The van der Waals surface area contributed by atoms with Gasteiger partial charge in [0.1, 0.15) is 17.9 Å². The van der Waals surface area contributed by atoms with Crippen molar-refractivity contribution in [1.82, 2.24) is 0 Å². The third-order valence-corrected chi connectivity index (χ3v) is 8.07. The molecule has 4 aliphatic rings. The predicted octanol–water partition coefficient (Wildman–Crippen LogP) is 2.16. The molecule has 2 heterocycles. The van der Waals surface area contributed by atoms with Gasteiger partial charge in [-0.2, -0.15) is 0 Å². The van der Waals surface area contributed by atoms with Gasteiger partial charge in [0, 0.05) is 5.92 Å². The number of quaternary nitrogens is 1. The van der Waals surface area contributed by atoms with Gasteiger partial charge in [0.25, 0.3) is 0 Å². The second-order valence-electron chi connectivity index (χ2n) is 9.90. The van der Waals surface area contributed by atoms with Crippen molar-refractivity contribution in [3.8, 4) is 0 Å². The Morgan fingerprint density at radius 2 is 2.21 bits per heavy atom. The molecule has 2 saturated heterocycles.